The Hall–Kier alpha value is -6.24. The van der Waals surface area contributed by atoms with E-state index in [-0.39, 0.29) is 92.5 Å². The number of aliphatic hydroxyl groups excluding tert-OH is 1. The molecule has 4 aromatic carbocycles. The molecule has 2 aliphatic heterocycles. The topological polar surface area (TPSA) is 182 Å². The lowest BCUT2D eigenvalue weighted by Gasteiger charge is -2.41. The molecule has 0 spiro atoms. The normalized spacial score (nSPS) is 17.4. The average Bonchev–Trinajstić information content (AvgIpc) is 3.33. The maximum absolute atomic E-state index is 14.9. The number of nitrogens with one attached hydrogen (secondary N) is 3. The summed E-state index contributed by atoms with van der Waals surface area (Å²) in [5.74, 6) is -1.64. The van der Waals surface area contributed by atoms with E-state index < -0.39 is 17.1 Å². The van der Waals surface area contributed by atoms with Gasteiger partial charge in [0.2, 0.25) is 5.78 Å². The summed E-state index contributed by atoms with van der Waals surface area (Å²) in [6.07, 6.45) is 12.0. The van der Waals surface area contributed by atoms with Crippen LogP contribution in [0.4, 0.5) is 17.1 Å². The van der Waals surface area contributed by atoms with Gasteiger partial charge in [-0.3, -0.25) is 29.0 Å². The van der Waals surface area contributed by atoms with Crippen molar-refractivity contribution in [2.24, 2.45) is 4.99 Å². The van der Waals surface area contributed by atoms with Crippen molar-refractivity contribution in [3.63, 3.8) is 0 Å². The number of hydrogen-bond acceptors (Lipinski definition) is 13. The Morgan fingerprint density at radius 2 is 1.10 bits per heavy atom. The predicted molar refractivity (Wildman–Crippen MR) is 267 cm³/mol. The lowest BCUT2D eigenvalue weighted by molar-refractivity contribution is -0.149. The minimum absolute atomic E-state index is 0.0845. The summed E-state index contributed by atoms with van der Waals surface area (Å²) in [7, 11) is 0. The molecule has 1 aliphatic carbocycles. The van der Waals surface area contributed by atoms with Gasteiger partial charge in [-0.15, -0.1) is 0 Å². The minimum Gasteiger partial charge on any atom is -0.506 e. The summed E-state index contributed by atoms with van der Waals surface area (Å²) in [5.41, 5.74) is -0.0713. The molecule has 4 N–H and O–H groups in total. The van der Waals surface area contributed by atoms with Crippen LogP contribution in [0.2, 0.25) is 0 Å². The van der Waals surface area contributed by atoms with Gasteiger partial charge in [0, 0.05) is 71.5 Å². The minimum atomic E-state index is -1.32. The number of benzene rings is 4. The smallest absolute Gasteiger partial charge is 0.305 e. The fourth-order valence-electron chi connectivity index (χ4n) is 9.40. The van der Waals surface area contributed by atoms with Crippen molar-refractivity contribution < 1.29 is 43.3 Å². The van der Waals surface area contributed by atoms with E-state index in [2.05, 4.69) is 43.6 Å². The van der Waals surface area contributed by atoms with Gasteiger partial charge in [0.25, 0.3) is 0 Å². The number of carbonyl (C=O) groups excluding carboxylic acids is 5. The SMILES string of the molecule is CCCCCC(=O)CCC1(COC(=O)CCCCC)N=c2/c(=C3\C(=O)C(c4ccc5cccc6c5c4NC(COC(=O)CCCCC)(COC(=O)CCCCC)N6)=C3O)ccc3cccc(c23)N1. The van der Waals surface area contributed by atoms with E-state index in [1.165, 1.54) is 0 Å². The highest BCUT2D eigenvalue weighted by molar-refractivity contribution is 6.52. The largest absolute Gasteiger partial charge is 0.506 e. The first-order chi connectivity index (χ1) is 33.0. The Morgan fingerprint density at radius 1 is 0.574 bits per heavy atom. The summed E-state index contributed by atoms with van der Waals surface area (Å²) in [4.78, 5) is 72.6. The average molecular weight is 929 g/mol. The van der Waals surface area contributed by atoms with Crippen molar-refractivity contribution in [1.29, 1.82) is 0 Å². The second kappa shape index (κ2) is 22.7. The van der Waals surface area contributed by atoms with E-state index >= 15 is 0 Å². The summed E-state index contributed by atoms with van der Waals surface area (Å²) in [6, 6.07) is 18.8. The van der Waals surface area contributed by atoms with Gasteiger partial charge < -0.3 is 35.3 Å². The Morgan fingerprint density at radius 3 is 1.68 bits per heavy atom. The Bertz CT molecular complexity index is 2650. The maximum Gasteiger partial charge on any atom is 0.305 e. The van der Waals surface area contributed by atoms with Gasteiger partial charge in [-0.05, 0) is 48.6 Å². The number of esters is 3. The van der Waals surface area contributed by atoms with Crippen LogP contribution in [-0.4, -0.2) is 65.7 Å². The van der Waals surface area contributed by atoms with Crippen LogP contribution >= 0.6 is 0 Å². The standard InChI is InChI=1S/C55H68N4O9/c1-5-9-13-21-38(60)31-32-54(33-66-43(61)24-14-10-6-2)56-41-22-17-19-36-27-29-39(50(58-54)46(36)41)48-52(64)49(53(48)65)40-30-28-37-20-18-23-42-47(37)51(40)59-55(57-42,34-67-44(62)25-15-11-7-3)35-68-45(63)26-16-12-8-4/h17-20,22-23,27-30,56-57,59,64H,5-16,21,24-26,31-35H2,1-4H3/b48-39-. The number of anilines is 3. The fraction of sp³-hybridized carbons (Fsp3) is 0.491. The maximum atomic E-state index is 14.9. The summed E-state index contributed by atoms with van der Waals surface area (Å²) in [6.45, 7) is 7.77. The quantitative estimate of drug-likeness (QED) is 0.0266. The molecule has 0 saturated heterocycles. The van der Waals surface area contributed by atoms with Gasteiger partial charge in [-0.2, -0.15) is 0 Å². The molecule has 1 unspecified atom stereocenters. The van der Waals surface area contributed by atoms with Crippen molar-refractivity contribution in [3.8, 4) is 0 Å². The second-order valence-electron chi connectivity index (χ2n) is 18.6. The first-order valence-electron chi connectivity index (χ1n) is 25.0. The highest BCUT2D eigenvalue weighted by Crippen LogP contribution is 2.47. The number of aliphatic hydroxyl groups is 1. The van der Waals surface area contributed by atoms with E-state index in [9.17, 15) is 29.1 Å². The Balaban J connectivity index is 1.31. The van der Waals surface area contributed by atoms with Crippen LogP contribution in [0, 0.1) is 0 Å². The third kappa shape index (κ3) is 11.2. The molecule has 68 heavy (non-hydrogen) atoms. The van der Waals surface area contributed by atoms with Crippen LogP contribution in [0.15, 0.2) is 71.4 Å². The van der Waals surface area contributed by atoms with Crippen molar-refractivity contribution in [2.75, 3.05) is 35.8 Å². The molecule has 362 valence electrons. The van der Waals surface area contributed by atoms with Crippen LogP contribution in [0.5, 0.6) is 0 Å². The van der Waals surface area contributed by atoms with Gasteiger partial charge in [0.1, 0.15) is 31.4 Å². The number of unbranched alkanes of at least 4 members (excludes halogenated alkanes) is 8. The van der Waals surface area contributed by atoms with Crippen LogP contribution in [-0.2, 0) is 38.2 Å². The van der Waals surface area contributed by atoms with Crippen molar-refractivity contribution in [1.82, 2.24) is 0 Å². The van der Waals surface area contributed by atoms with Crippen LogP contribution in [0.25, 0.3) is 32.7 Å². The molecular weight excluding hydrogens is 861 g/mol. The number of hydrogen-bond donors (Lipinski definition) is 4. The molecule has 0 saturated carbocycles. The van der Waals surface area contributed by atoms with Crippen molar-refractivity contribution in [3.05, 3.63) is 82.6 Å². The highest BCUT2D eigenvalue weighted by Gasteiger charge is 2.43. The van der Waals surface area contributed by atoms with Gasteiger partial charge in [-0.25, -0.2) is 0 Å². The molecule has 13 nitrogen and oxygen atoms in total. The fourth-order valence-corrected chi connectivity index (χ4v) is 9.40. The van der Waals surface area contributed by atoms with E-state index in [1.807, 2.05) is 48.5 Å². The number of carbonyl (C=O) groups is 5. The first-order valence-corrected chi connectivity index (χ1v) is 25.0. The third-order valence-corrected chi connectivity index (χ3v) is 13.2. The number of ether oxygens (including phenoxy) is 3. The zero-order chi connectivity index (χ0) is 48.3. The summed E-state index contributed by atoms with van der Waals surface area (Å²) in [5, 5.41) is 26.9. The molecule has 2 heterocycles. The molecule has 0 amide bonds. The molecule has 0 bridgehead atoms. The predicted octanol–water partition coefficient (Wildman–Crippen LogP) is 10.3. The molecule has 3 aliphatic rings. The Kier molecular flexibility index (Phi) is 16.6. The van der Waals surface area contributed by atoms with Gasteiger partial charge in [-0.1, -0.05) is 128 Å². The number of nitrogens with zero attached hydrogens (tertiary/aromatic N) is 1. The van der Waals surface area contributed by atoms with Crippen molar-refractivity contribution in [2.45, 2.75) is 155 Å². The van der Waals surface area contributed by atoms with Crippen molar-refractivity contribution >= 4 is 79.2 Å². The summed E-state index contributed by atoms with van der Waals surface area (Å²) < 4.78 is 17.7. The number of Topliss-reactive ketones (excluding diaryl/α,β-unsaturated/α-hetero) is 2. The highest BCUT2D eigenvalue weighted by atomic mass is 16.6. The molecule has 0 radical (unpaired) electrons. The number of allylic oxidation sites excluding steroid dienone is 2. The molecule has 13 heteroatoms. The van der Waals surface area contributed by atoms with Gasteiger partial charge in [0.15, 0.2) is 11.3 Å². The van der Waals surface area contributed by atoms with Gasteiger partial charge in [0.05, 0.1) is 22.2 Å². The van der Waals surface area contributed by atoms with E-state index in [1.54, 1.807) is 12.1 Å². The Labute approximate surface area is 399 Å². The van der Waals surface area contributed by atoms with E-state index in [0.717, 1.165) is 79.3 Å². The molecule has 0 aromatic heterocycles. The molecule has 1 atom stereocenters. The van der Waals surface area contributed by atoms with E-state index in [4.69, 9.17) is 19.2 Å². The van der Waals surface area contributed by atoms with Crippen LogP contribution in [0.3, 0.4) is 0 Å². The molecule has 7 rings (SSSR count). The van der Waals surface area contributed by atoms with Crippen LogP contribution in [0.1, 0.15) is 149 Å². The molecule has 4 aromatic rings. The molecule has 0 fully saturated rings. The number of ketones is 2. The first kappa shape index (κ1) is 49.7. The van der Waals surface area contributed by atoms with E-state index in [0.29, 0.717) is 58.9 Å². The zero-order valence-corrected chi connectivity index (χ0v) is 40.3. The summed E-state index contributed by atoms with van der Waals surface area (Å²) >= 11 is 0. The lowest BCUT2D eigenvalue weighted by Crippen LogP contribution is -2.56. The van der Waals surface area contributed by atoms with Crippen LogP contribution < -0.4 is 26.5 Å². The second-order valence-corrected chi connectivity index (χ2v) is 18.6. The molecular formula is C55H68N4O9. The third-order valence-electron chi connectivity index (χ3n) is 13.2. The lowest BCUT2D eigenvalue weighted by atomic mass is 9.80. The number of rotatable bonds is 26. The monoisotopic (exact) mass is 928 g/mol. The van der Waals surface area contributed by atoms with Gasteiger partial charge >= 0.3 is 17.9 Å². The zero-order valence-electron chi connectivity index (χ0n) is 40.3.